The fourth-order valence-corrected chi connectivity index (χ4v) is 8.04. The quantitative estimate of drug-likeness (QED) is 0.615. The molecule has 0 aliphatic heterocycles. The van der Waals surface area contributed by atoms with Crippen LogP contribution in [0.15, 0.2) is 0 Å². The summed E-state index contributed by atoms with van der Waals surface area (Å²) in [5, 5.41) is -0.320. The fraction of sp³-hybridized carbons (Fsp3) is 0.833. The van der Waals surface area contributed by atoms with Crippen molar-refractivity contribution in [3.63, 3.8) is 0 Å². The number of Topliss-reactive ketones (excluding diaryl/α,β-unsaturated/α-hetero) is 3. The lowest BCUT2D eigenvalue weighted by molar-refractivity contribution is -0.166. The van der Waals surface area contributed by atoms with Crippen LogP contribution in [-0.4, -0.2) is 22.6 Å². The second kappa shape index (κ2) is 7.28. The van der Waals surface area contributed by atoms with Crippen LogP contribution >= 0.6 is 11.6 Å². The molecule has 0 bridgehead atoms. The summed E-state index contributed by atoms with van der Waals surface area (Å²) in [6.07, 6.45) is 5.80. The van der Waals surface area contributed by atoms with Gasteiger partial charge in [0.1, 0.15) is 17.3 Å². The number of carbonyl (C=O) groups is 4. The molecule has 8 atom stereocenters. The minimum absolute atomic E-state index is 0.0426. The summed E-state index contributed by atoms with van der Waals surface area (Å²) in [7, 11) is 0. The van der Waals surface area contributed by atoms with Gasteiger partial charge in [-0.1, -0.05) is 20.8 Å². The van der Waals surface area contributed by atoms with Crippen LogP contribution in [0.4, 0.5) is 0 Å². The van der Waals surface area contributed by atoms with E-state index in [9.17, 15) is 19.2 Å². The van der Waals surface area contributed by atoms with Crippen LogP contribution in [0.2, 0.25) is 0 Å². The average molecular weight is 421 g/mol. The van der Waals surface area contributed by atoms with Gasteiger partial charge >= 0.3 is 0 Å². The highest BCUT2D eigenvalue weighted by Crippen LogP contribution is 2.66. The summed E-state index contributed by atoms with van der Waals surface area (Å²) in [6.45, 7) is 6.47. The molecular formula is C24H33ClO4. The Labute approximate surface area is 178 Å². The Balaban J connectivity index is 1.63. The lowest BCUT2D eigenvalue weighted by Crippen LogP contribution is -2.60. The highest BCUT2D eigenvalue weighted by Gasteiger charge is 2.66. The van der Waals surface area contributed by atoms with Crippen LogP contribution in [0.25, 0.3) is 0 Å². The molecule has 0 heterocycles. The van der Waals surface area contributed by atoms with Crippen molar-refractivity contribution in [1.29, 1.82) is 0 Å². The van der Waals surface area contributed by atoms with Crippen molar-refractivity contribution in [2.75, 3.05) is 0 Å². The fourth-order valence-electron chi connectivity index (χ4n) is 7.93. The van der Waals surface area contributed by atoms with Crippen molar-refractivity contribution in [2.45, 2.75) is 78.6 Å². The molecule has 4 saturated carbocycles. The Kier molecular flexibility index (Phi) is 5.33. The molecule has 4 rings (SSSR count). The molecule has 4 fully saturated rings. The molecule has 160 valence electrons. The molecule has 4 aliphatic rings. The topological polar surface area (TPSA) is 68.3 Å². The Hall–Kier alpha value is -1.03. The molecule has 0 amide bonds. The molecule has 4 aliphatic carbocycles. The van der Waals surface area contributed by atoms with Crippen molar-refractivity contribution in [1.82, 2.24) is 0 Å². The van der Waals surface area contributed by atoms with E-state index in [1.165, 1.54) is 0 Å². The summed E-state index contributed by atoms with van der Waals surface area (Å²) >= 11 is 5.56. The Morgan fingerprint density at radius 2 is 1.83 bits per heavy atom. The Bertz CT molecular complexity index is 760. The van der Waals surface area contributed by atoms with Gasteiger partial charge in [0.15, 0.2) is 0 Å². The van der Waals surface area contributed by atoms with E-state index in [1.807, 2.05) is 0 Å². The number of carbonyl (C=O) groups excluding carboxylic acids is 4. The molecule has 0 aromatic rings. The minimum atomic E-state index is -0.473. The van der Waals surface area contributed by atoms with Crippen molar-refractivity contribution in [2.24, 2.45) is 46.3 Å². The van der Waals surface area contributed by atoms with Crippen LogP contribution in [0, 0.1) is 46.3 Å². The van der Waals surface area contributed by atoms with Crippen LogP contribution < -0.4 is 0 Å². The third-order valence-corrected chi connectivity index (χ3v) is 9.89. The first-order valence-electron chi connectivity index (χ1n) is 11.3. The third-order valence-electron chi connectivity index (χ3n) is 9.70. The number of hydrogen-bond acceptors (Lipinski definition) is 4. The molecule has 29 heavy (non-hydrogen) atoms. The van der Waals surface area contributed by atoms with E-state index in [0.29, 0.717) is 50.1 Å². The highest BCUT2D eigenvalue weighted by molar-refractivity contribution is 6.63. The van der Waals surface area contributed by atoms with Crippen molar-refractivity contribution < 1.29 is 19.2 Å². The van der Waals surface area contributed by atoms with Crippen molar-refractivity contribution in [3.05, 3.63) is 0 Å². The average Bonchev–Trinajstić information content (AvgIpc) is 3.01. The SMILES string of the molecule is CC(CCC(=O)Cl)C1CC[C@H]2[C@@H]3C(=O)C[C@@H]4CC(=O)CC[C@]4(C)[C@H]3CC(=O)[C@]12C. The summed E-state index contributed by atoms with van der Waals surface area (Å²) < 4.78 is 0. The molecule has 2 unspecified atom stereocenters. The number of hydrogen-bond donors (Lipinski definition) is 0. The van der Waals surface area contributed by atoms with E-state index in [0.717, 1.165) is 19.3 Å². The van der Waals surface area contributed by atoms with Gasteiger partial charge in [-0.25, -0.2) is 0 Å². The van der Waals surface area contributed by atoms with Crippen LogP contribution in [-0.2, 0) is 19.2 Å². The van der Waals surface area contributed by atoms with Gasteiger partial charge in [0.25, 0.3) is 0 Å². The number of ketones is 3. The maximum absolute atomic E-state index is 13.6. The lowest BCUT2D eigenvalue weighted by Gasteiger charge is -2.58. The van der Waals surface area contributed by atoms with Gasteiger partial charge < -0.3 is 0 Å². The monoisotopic (exact) mass is 420 g/mol. The van der Waals surface area contributed by atoms with Gasteiger partial charge in [0, 0.05) is 43.4 Å². The number of fused-ring (bicyclic) bond motifs is 5. The Morgan fingerprint density at radius 1 is 1.10 bits per heavy atom. The Morgan fingerprint density at radius 3 is 2.52 bits per heavy atom. The molecular weight excluding hydrogens is 388 g/mol. The lowest BCUT2D eigenvalue weighted by atomic mass is 9.44. The molecule has 0 aromatic carbocycles. The van der Waals surface area contributed by atoms with E-state index < -0.39 is 5.41 Å². The largest absolute Gasteiger partial charge is 0.300 e. The summed E-state index contributed by atoms with van der Waals surface area (Å²) in [5.74, 6) is 1.59. The molecule has 0 saturated heterocycles. The molecule has 4 nitrogen and oxygen atoms in total. The maximum Gasteiger partial charge on any atom is 0.221 e. The summed E-state index contributed by atoms with van der Waals surface area (Å²) in [5.41, 5.74) is -0.544. The van der Waals surface area contributed by atoms with E-state index >= 15 is 0 Å². The zero-order valence-corrected chi connectivity index (χ0v) is 18.6. The molecule has 0 N–H and O–H groups in total. The third kappa shape index (κ3) is 3.16. The van der Waals surface area contributed by atoms with Gasteiger partial charge in [-0.2, -0.15) is 0 Å². The minimum Gasteiger partial charge on any atom is -0.300 e. The molecule has 5 heteroatoms. The number of halogens is 1. The predicted molar refractivity (Wildman–Crippen MR) is 110 cm³/mol. The maximum atomic E-state index is 13.6. The van der Waals surface area contributed by atoms with Crippen LogP contribution in [0.1, 0.15) is 78.6 Å². The van der Waals surface area contributed by atoms with Crippen molar-refractivity contribution >= 4 is 34.2 Å². The zero-order chi connectivity index (χ0) is 21.1. The van der Waals surface area contributed by atoms with Gasteiger partial charge in [0.2, 0.25) is 5.24 Å². The van der Waals surface area contributed by atoms with E-state index in [4.69, 9.17) is 11.6 Å². The smallest absolute Gasteiger partial charge is 0.221 e. The van der Waals surface area contributed by atoms with Gasteiger partial charge in [-0.3, -0.25) is 19.2 Å². The highest BCUT2D eigenvalue weighted by atomic mass is 35.5. The normalized spacial score (nSPS) is 45.4. The second-order valence-electron chi connectivity index (χ2n) is 10.8. The van der Waals surface area contributed by atoms with Gasteiger partial charge in [-0.05, 0) is 72.3 Å². The predicted octanol–water partition coefficient (Wildman–Crippen LogP) is 4.75. The standard InChI is InChI=1S/C24H33ClO4/c1-13(4-7-21(25)29)16-5-6-17-22-18(12-20(28)24(16,17)3)23(2)9-8-15(26)10-14(23)11-19(22)27/h13-14,16-18,22H,4-12H2,1-3H3/t13?,14-,16?,17-,18-,22-,23-,24+/m0/s1. The zero-order valence-electron chi connectivity index (χ0n) is 17.8. The number of rotatable bonds is 4. The van der Waals surface area contributed by atoms with E-state index in [2.05, 4.69) is 20.8 Å². The van der Waals surface area contributed by atoms with Gasteiger partial charge in [0.05, 0.1) is 0 Å². The first-order chi connectivity index (χ1) is 13.6. The molecule has 0 spiro atoms. The van der Waals surface area contributed by atoms with Gasteiger partial charge in [-0.15, -0.1) is 0 Å². The first kappa shape index (κ1) is 21.2. The van der Waals surface area contributed by atoms with Crippen LogP contribution in [0.3, 0.4) is 0 Å². The van der Waals surface area contributed by atoms with Crippen LogP contribution in [0.5, 0.6) is 0 Å². The first-order valence-corrected chi connectivity index (χ1v) is 11.7. The van der Waals surface area contributed by atoms with E-state index in [1.54, 1.807) is 0 Å². The van der Waals surface area contributed by atoms with E-state index in [-0.39, 0.29) is 51.9 Å². The molecule has 0 aromatic heterocycles. The molecule has 0 radical (unpaired) electrons. The van der Waals surface area contributed by atoms with Crippen molar-refractivity contribution in [3.8, 4) is 0 Å². The summed E-state index contributed by atoms with van der Waals surface area (Å²) in [4.78, 5) is 50.2. The second-order valence-corrected chi connectivity index (χ2v) is 11.2. The summed E-state index contributed by atoms with van der Waals surface area (Å²) in [6, 6.07) is 0.